The van der Waals surface area contributed by atoms with Gasteiger partial charge >= 0.3 is 0 Å². The van der Waals surface area contributed by atoms with E-state index in [1.807, 2.05) is 0 Å². The highest BCUT2D eigenvalue weighted by molar-refractivity contribution is 5.54. The van der Waals surface area contributed by atoms with E-state index in [4.69, 9.17) is 0 Å². The van der Waals surface area contributed by atoms with Crippen LogP contribution in [0.5, 0.6) is 0 Å². The molecule has 0 N–H and O–H groups in total. The van der Waals surface area contributed by atoms with Gasteiger partial charge in [0.15, 0.2) is 0 Å². The van der Waals surface area contributed by atoms with Crippen LogP contribution in [0.3, 0.4) is 0 Å². The summed E-state index contributed by atoms with van der Waals surface area (Å²) >= 11 is 0. The Balaban J connectivity index is 1.66. The normalized spacial score (nSPS) is 23.2. The molecule has 1 aromatic rings. The average Bonchev–Trinajstić information content (AvgIpc) is 2.44. The molecular weight excluding hydrogens is 244 g/mol. The first-order valence-corrected chi connectivity index (χ1v) is 8.09. The smallest absolute Gasteiger partial charge is 0.0396 e. The summed E-state index contributed by atoms with van der Waals surface area (Å²) in [6, 6.07) is 6.88. The molecule has 0 aromatic heterocycles. The van der Waals surface area contributed by atoms with Crippen LogP contribution in [-0.2, 0) is 0 Å². The quantitative estimate of drug-likeness (QED) is 0.770. The third-order valence-electron chi connectivity index (χ3n) is 5.56. The monoisotopic (exact) mass is 272 g/mol. The highest BCUT2D eigenvalue weighted by Gasteiger charge is 2.36. The first-order valence-electron chi connectivity index (χ1n) is 8.09. The molecule has 110 valence electrons. The third kappa shape index (κ3) is 2.71. The predicted molar refractivity (Wildman–Crippen MR) is 86.5 cm³/mol. The summed E-state index contributed by atoms with van der Waals surface area (Å²) in [5, 5.41) is 0. The number of nitrogens with zero attached hydrogens (tertiary/aromatic N) is 2. The van der Waals surface area contributed by atoms with Crippen molar-refractivity contribution in [2.45, 2.75) is 39.5 Å². The van der Waals surface area contributed by atoms with E-state index in [0.29, 0.717) is 5.41 Å². The van der Waals surface area contributed by atoms with Crippen molar-refractivity contribution in [1.29, 1.82) is 0 Å². The Morgan fingerprint density at radius 3 is 2.10 bits per heavy atom. The van der Waals surface area contributed by atoms with Crippen LogP contribution in [-0.4, -0.2) is 38.1 Å². The number of aryl methyl sites for hydroxylation is 2. The Morgan fingerprint density at radius 1 is 0.900 bits per heavy atom. The zero-order chi connectivity index (χ0) is 14.2. The molecule has 2 heteroatoms. The van der Waals surface area contributed by atoms with Gasteiger partial charge in [-0.15, -0.1) is 0 Å². The summed E-state index contributed by atoms with van der Waals surface area (Å²) in [5.41, 5.74) is 4.92. The molecule has 0 atom stereocenters. The van der Waals surface area contributed by atoms with Crippen LogP contribution in [0, 0.1) is 19.3 Å². The lowest BCUT2D eigenvalue weighted by Crippen LogP contribution is -2.46. The van der Waals surface area contributed by atoms with Gasteiger partial charge in [-0.3, -0.25) is 0 Å². The van der Waals surface area contributed by atoms with Crippen molar-refractivity contribution in [3.05, 3.63) is 29.3 Å². The number of benzene rings is 1. The van der Waals surface area contributed by atoms with Crippen LogP contribution >= 0.6 is 0 Å². The minimum absolute atomic E-state index is 0.654. The van der Waals surface area contributed by atoms with Gasteiger partial charge in [0.05, 0.1) is 0 Å². The number of hydrogen-bond donors (Lipinski definition) is 0. The van der Waals surface area contributed by atoms with E-state index in [1.165, 1.54) is 68.7 Å². The van der Waals surface area contributed by atoms with E-state index in [2.05, 4.69) is 48.9 Å². The average molecular weight is 272 g/mol. The second-order valence-corrected chi connectivity index (χ2v) is 7.08. The second-order valence-electron chi connectivity index (χ2n) is 7.08. The van der Waals surface area contributed by atoms with Crippen molar-refractivity contribution in [3.8, 4) is 0 Å². The molecule has 2 aliphatic rings. The van der Waals surface area contributed by atoms with Crippen molar-refractivity contribution in [2.24, 2.45) is 5.41 Å². The van der Waals surface area contributed by atoms with Gasteiger partial charge in [0.2, 0.25) is 0 Å². The van der Waals surface area contributed by atoms with Gasteiger partial charge in [-0.05, 0) is 76.7 Å². The molecule has 2 saturated heterocycles. The zero-order valence-electron chi connectivity index (χ0n) is 13.3. The molecule has 20 heavy (non-hydrogen) atoms. The van der Waals surface area contributed by atoms with E-state index in [9.17, 15) is 0 Å². The fourth-order valence-electron chi connectivity index (χ4n) is 3.98. The Kier molecular flexibility index (Phi) is 3.76. The van der Waals surface area contributed by atoms with Crippen LogP contribution in [0.25, 0.3) is 0 Å². The van der Waals surface area contributed by atoms with E-state index in [1.54, 1.807) is 0 Å². The second kappa shape index (κ2) is 5.40. The van der Waals surface area contributed by atoms with Crippen molar-refractivity contribution in [2.75, 3.05) is 38.1 Å². The Hall–Kier alpha value is -1.02. The number of likely N-dealkylation sites (tertiary alicyclic amines) is 1. The summed E-state index contributed by atoms with van der Waals surface area (Å²) in [6.45, 7) is 9.51. The SMILES string of the molecule is Cc1ccc(N2CCC3(CCN(C)CC3)CC2)c(C)c1. The van der Waals surface area contributed by atoms with Gasteiger partial charge in [-0.2, -0.15) is 0 Å². The van der Waals surface area contributed by atoms with Crippen molar-refractivity contribution >= 4 is 5.69 Å². The Labute approximate surface area is 123 Å². The lowest BCUT2D eigenvalue weighted by Gasteiger charge is -2.47. The Morgan fingerprint density at radius 2 is 1.50 bits per heavy atom. The van der Waals surface area contributed by atoms with Gasteiger partial charge in [0, 0.05) is 18.8 Å². The highest BCUT2D eigenvalue weighted by atomic mass is 15.1. The van der Waals surface area contributed by atoms with Crippen LogP contribution < -0.4 is 4.90 Å². The molecule has 0 bridgehead atoms. The lowest BCUT2D eigenvalue weighted by atomic mass is 9.71. The minimum Gasteiger partial charge on any atom is -0.371 e. The highest BCUT2D eigenvalue weighted by Crippen LogP contribution is 2.42. The summed E-state index contributed by atoms with van der Waals surface area (Å²) in [5.74, 6) is 0. The van der Waals surface area contributed by atoms with Crippen LogP contribution in [0.2, 0.25) is 0 Å². The van der Waals surface area contributed by atoms with E-state index in [-0.39, 0.29) is 0 Å². The molecule has 2 fully saturated rings. The van der Waals surface area contributed by atoms with Gasteiger partial charge < -0.3 is 9.80 Å². The van der Waals surface area contributed by atoms with Crippen LogP contribution in [0.15, 0.2) is 18.2 Å². The first kappa shape index (κ1) is 13.9. The van der Waals surface area contributed by atoms with Gasteiger partial charge in [0.1, 0.15) is 0 Å². The van der Waals surface area contributed by atoms with Crippen molar-refractivity contribution in [1.82, 2.24) is 4.90 Å². The predicted octanol–water partition coefficient (Wildman–Crippen LogP) is 3.62. The molecule has 0 amide bonds. The summed E-state index contributed by atoms with van der Waals surface area (Å²) in [4.78, 5) is 5.10. The molecule has 0 saturated carbocycles. The molecule has 2 aliphatic heterocycles. The fraction of sp³-hybridized carbons (Fsp3) is 0.667. The fourth-order valence-corrected chi connectivity index (χ4v) is 3.98. The summed E-state index contributed by atoms with van der Waals surface area (Å²) in [6.07, 6.45) is 5.58. The molecule has 1 aromatic carbocycles. The molecular formula is C18H28N2. The molecule has 0 radical (unpaired) electrons. The Bertz CT molecular complexity index is 462. The third-order valence-corrected chi connectivity index (χ3v) is 5.56. The maximum atomic E-state index is 2.61. The van der Waals surface area contributed by atoms with E-state index >= 15 is 0 Å². The maximum absolute atomic E-state index is 2.61. The van der Waals surface area contributed by atoms with Crippen LogP contribution in [0.4, 0.5) is 5.69 Å². The van der Waals surface area contributed by atoms with E-state index in [0.717, 1.165) is 0 Å². The maximum Gasteiger partial charge on any atom is 0.0396 e. The topological polar surface area (TPSA) is 6.48 Å². The number of anilines is 1. The molecule has 0 unspecified atom stereocenters. The van der Waals surface area contributed by atoms with Gasteiger partial charge in [-0.1, -0.05) is 17.7 Å². The van der Waals surface area contributed by atoms with E-state index < -0.39 is 0 Å². The van der Waals surface area contributed by atoms with Crippen molar-refractivity contribution < 1.29 is 0 Å². The summed E-state index contributed by atoms with van der Waals surface area (Å²) in [7, 11) is 2.26. The molecule has 1 spiro atoms. The largest absolute Gasteiger partial charge is 0.371 e. The summed E-state index contributed by atoms with van der Waals surface area (Å²) < 4.78 is 0. The zero-order valence-corrected chi connectivity index (χ0v) is 13.3. The lowest BCUT2D eigenvalue weighted by molar-refractivity contribution is 0.0944. The number of piperidine rings is 2. The molecule has 2 heterocycles. The number of hydrogen-bond acceptors (Lipinski definition) is 2. The molecule has 2 nitrogen and oxygen atoms in total. The van der Waals surface area contributed by atoms with Crippen LogP contribution in [0.1, 0.15) is 36.8 Å². The standard InChI is InChI=1S/C18H28N2/c1-15-4-5-17(16(2)14-15)20-12-8-18(9-13-20)6-10-19(3)11-7-18/h4-5,14H,6-13H2,1-3H3. The van der Waals surface area contributed by atoms with Gasteiger partial charge in [-0.25, -0.2) is 0 Å². The number of rotatable bonds is 1. The molecule has 3 rings (SSSR count). The van der Waals surface area contributed by atoms with Crippen molar-refractivity contribution in [3.63, 3.8) is 0 Å². The minimum atomic E-state index is 0.654. The first-order chi connectivity index (χ1) is 9.58. The van der Waals surface area contributed by atoms with Gasteiger partial charge in [0.25, 0.3) is 0 Å². The molecule has 0 aliphatic carbocycles.